The molecule has 4 rings (SSSR count). The van der Waals surface area contributed by atoms with E-state index < -0.39 is 125 Å². The van der Waals surface area contributed by atoms with Crippen molar-refractivity contribution in [2.24, 2.45) is 0 Å². The van der Waals surface area contributed by atoms with E-state index in [2.05, 4.69) is 16.0 Å². The predicted molar refractivity (Wildman–Crippen MR) is 143 cm³/mol. The number of carbonyl (C=O) groups is 6. The summed E-state index contributed by atoms with van der Waals surface area (Å²) in [5.41, 5.74) is -2.06. The molecule has 0 bridgehead atoms. The van der Waals surface area contributed by atoms with Gasteiger partial charge in [0.05, 0.1) is 0 Å². The number of benzene rings is 3. The summed E-state index contributed by atoms with van der Waals surface area (Å²) in [6.45, 7) is -3.07. The van der Waals surface area contributed by atoms with Gasteiger partial charge < -0.3 is 60.8 Å². The van der Waals surface area contributed by atoms with E-state index in [1.165, 1.54) is 0 Å². The van der Waals surface area contributed by atoms with E-state index in [1.54, 1.807) is 0 Å². The van der Waals surface area contributed by atoms with Crippen LogP contribution < -0.4 is 46.6 Å². The molecule has 1 heterocycles. The van der Waals surface area contributed by atoms with Crippen molar-refractivity contribution < 1.29 is 73.6 Å². The molecule has 1 saturated heterocycles. The second-order valence-corrected chi connectivity index (χ2v) is 9.87. The maximum atomic E-state index is 13.0. The zero-order chi connectivity index (χ0) is 35.1. The molecule has 0 radical (unpaired) electrons. The van der Waals surface area contributed by atoms with Crippen LogP contribution in [0.25, 0.3) is 0 Å². The number of carbonyl (C=O) groups excluding carboxylic acids is 6. The van der Waals surface area contributed by atoms with E-state index >= 15 is 0 Å². The van der Waals surface area contributed by atoms with Crippen molar-refractivity contribution in [2.75, 3.05) is 19.8 Å². The minimum atomic E-state index is -1.92. The first-order chi connectivity index (χ1) is 22.8. The SMILES string of the molecule is O=C(N[C@H]1COC(=O)[C@@H](NC(=O)c2cccc([O-])c2[O-])COC(=O)[C@@H](NC(=O)c2cccc([O-])c2[O-])COC1=O)c1cccc([O-])c1[O-]. The van der Waals surface area contributed by atoms with Crippen molar-refractivity contribution in [1.82, 2.24) is 16.0 Å². The number of ether oxygens (including phenoxy) is 3. The van der Waals surface area contributed by atoms with Crippen LogP contribution in [0.4, 0.5) is 0 Å². The number of para-hydroxylation sites is 3. The summed E-state index contributed by atoms with van der Waals surface area (Å²) in [6, 6.07) is 3.10. The molecular formula is C30H21N3O15-6. The van der Waals surface area contributed by atoms with Crippen molar-refractivity contribution >= 4 is 35.6 Å². The first-order valence-electron chi connectivity index (χ1n) is 13.6. The summed E-state index contributed by atoms with van der Waals surface area (Å²) < 4.78 is 15.1. The number of hydrogen-bond donors (Lipinski definition) is 3. The summed E-state index contributed by atoms with van der Waals surface area (Å²) in [4.78, 5) is 77.4. The van der Waals surface area contributed by atoms with E-state index in [1.807, 2.05) is 0 Å². The van der Waals surface area contributed by atoms with Gasteiger partial charge in [-0.2, -0.15) is 0 Å². The van der Waals surface area contributed by atoms with Gasteiger partial charge in [0, 0.05) is 16.7 Å². The van der Waals surface area contributed by atoms with Gasteiger partial charge in [0.25, 0.3) is 17.7 Å². The topological polar surface area (TPSA) is 305 Å². The Kier molecular flexibility index (Phi) is 10.4. The number of amides is 3. The molecule has 1 aliphatic heterocycles. The fourth-order valence-corrected chi connectivity index (χ4v) is 4.10. The summed E-state index contributed by atoms with van der Waals surface area (Å²) in [5, 5.41) is 77.8. The first-order valence-corrected chi connectivity index (χ1v) is 13.6. The van der Waals surface area contributed by atoms with Crippen molar-refractivity contribution in [1.29, 1.82) is 0 Å². The van der Waals surface area contributed by atoms with Gasteiger partial charge in [0.1, 0.15) is 19.8 Å². The molecule has 3 aromatic rings. The minimum Gasteiger partial charge on any atom is -0.873 e. The summed E-state index contributed by atoms with van der Waals surface area (Å²) in [7, 11) is 0. The summed E-state index contributed by atoms with van der Waals surface area (Å²) in [6.07, 6.45) is 0. The highest BCUT2D eigenvalue weighted by molar-refractivity contribution is 6.01. The highest BCUT2D eigenvalue weighted by Crippen LogP contribution is 2.25. The molecule has 252 valence electrons. The van der Waals surface area contributed by atoms with Gasteiger partial charge in [-0.15, -0.1) is 34.5 Å². The molecule has 0 aromatic heterocycles. The Balaban J connectivity index is 1.63. The van der Waals surface area contributed by atoms with Crippen LogP contribution in [0, 0.1) is 0 Å². The van der Waals surface area contributed by atoms with E-state index in [0.717, 1.165) is 54.6 Å². The molecule has 0 saturated carbocycles. The Morgan fingerprint density at radius 2 is 0.729 bits per heavy atom. The van der Waals surface area contributed by atoms with Crippen molar-refractivity contribution in [3.8, 4) is 34.5 Å². The van der Waals surface area contributed by atoms with Gasteiger partial charge in [-0.3, -0.25) is 14.4 Å². The maximum Gasteiger partial charge on any atom is 0.332 e. The zero-order valence-electron chi connectivity index (χ0n) is 24.2. The lowest BCUT2D eigenvalue weighted by Gasteiger charge is -2.27. The monoisotopic (exact) mass is 663 g/mol. The third-order valence-corrected chi connectivity index (χ3v) is 6.62. The van der Waals surface area contributed by atoms with E-state index in [0.29, 0.717) is 0 Å². The van der Waals surface area contributed by atoms with Crippen LogP contribution >= 0.6 is 0 Å². The molecule has 3 amide bonds. The second kappa shape index (κ2) is 14.6. The first kappa shape index (κ1) is 34.2. The fourth-order valence-electron chi connectivity index (χ4n) is 4.10. The Hall–Kier alpha value is -6.72. The van der Waals surface area contributed by atoms with Crippen LogP contribution in [0.15, 0.2) is 54.6 Å². The normalized spacial score (nSPS) is 18.5. The molecule has 18 heteroatoms. The third-order valence-electron chi connectivity index (χ3n) is 6.62. The molecule has 3 atom stereocenters. The van der Waals surface area contributed by atoms with Gasteiger partial charge in [-0.1, -0.05) is 54.6 Å². The quantitative estimate of drug-likeness (QED) is 0.165. The third kappa shape index (κ3) is 7.73. The molecule has 3 aromatic carbocycles. The smallest absolute Gasteiger partial charge is 0.332 e. The Morgan fingerprint density at radius 1 is 0.479 bits per heavy atom. The lowest BCUT2D eigenvalue weighted by Crippen LogP contribution is -2.53. The Morgan fingerprint density at radius 3 is 0.979 bits per heavy atom. The maximum absolute atomic E-state index is 13.0. The van der Waals surface area contributed by atoms with Crippen LogP contribution in [0.5, 0.6) is 34.5 Å². The van der Waals surface area contributed by atoms with Crippen LogP contribution in [-0.4, -0.2) is 73.6 Å². The lowest BCUT2D eigenvalue weighted by molar-refractivity contribution is -0.317. The van der Waals surface area contributed by atoms with E-state index in [4.69, 9.17) is 14.2 Å². The number of nitrogens with one attached hydrogen (secondary N) is 3. The molecule has 1 fully saturated rings. The minimum absolute atomic E-state index is 0.686. The molecule has 1 aliphatic rings. The molecular weight excluding hydrogens is 642 g/mol. The van der Waals surface area contributed by atoms with Gasteiger partial charge in [-0.25, -0.2) is 14.4 Å². The van der Waals surface area contributed by atoms with Crippen LogP contribution in [0.2, 0.25) is 0 Å². The predicted octanol–water partition coefficient (Wildman–Crippen LogP) is -4.53. The Labute approximate surface area is 269 Å². The number of esters is 3. The number of cyclic esters (lactones) is 3. The van der Waals surface area contributed by atoms with Crippen LogP contribution in [0.1, 0.15) is 31.1 Å². The van der Waals surface area contributed by atoms with Crippen LogP contribution in [-0.2, 0) is 28.6 Å². The second-order valence-electron chi connectivity index (χ2n) is 9.87. The number of hydrogen-bond acceptors (Lipinski definition) is 15. The highest BCUT2D eigenvalue weighted by Gasteiger charge is 2.34. The van der Waals surface area contributed by atoms with Gasteiger partial charge in [-0.05, 0) is 0 Å². The average Bonchev–Trinajstić information content (AvgIpc) is 3.05. The number of rotatable bonds is 6. The highest BCUT2D eigenvalue weighted by atomic mass is 16.6. The molecule has 18 nitrogen and oxygen atoms in total. The summed E-state index contributed by atoms with van der Waals surface area (Å²) >= 11 is 0. The Bertz CT molecular complexity index is 1570. The molecule has 0 spiro atoms. The van der Waals surface area contributed by atoms with Crippen molar-refractivity contribution in [3.05, 3.63) is 71.3 Å². The molecule has 0 aliphatic carbocycles. The zero-order valence-corrected chi connectivity index (χ0v) is 24.2. The van der Waals surface area contributed by atoms with Crippen molar-refractivity contribution in [2.45, 2.75) is 18.1 Å². The van der Waals surface area contributed by atoms with Crippen LogP contribution in [0.3, 0.4) is 0 Å². The average molecular weight is 664 g/mol. The van der Waals surface area contributed by atoms with E-state index in [9.17, 15) is 59.4 Å². The van der Waals surface area contributed by atoms with Gasteiger partial charge in [0.2, 0.25) is 0 Å². The van der Waals surface area contributed by atoms with E-state index in [-0.39, 0.29) is 0 Å². The van der Waals surface area contributed by atoms with Gasteiger partial charge >= 0.3 is 17.9 Å². The molecule has 0 unspecified atom stereocenters. The standard InChI is InChI=1S/C30H27N3O15/c34-19-7-1-4-13(22(19)37)25(40)31-16-10-46-29(44)18(33-27(42)15-6-3-9-21(36)24(15)39)12-48-30(45)17(11-47-28(16)43)32-26(41)14-5-2-8-20(35)23(14)38/h1-9,16-18,34-39H,10-12H2,(H,31,40)(H,32,41)(H,33,42)/p-6/t16-,17-,18-/m0/s1. The van der Waals surface area contributed by atoms with Gasteiger partial charge in [0.15, 0.2) is 18.1 Å². The van der Waals surface area contributed by atoms with Crippen molar-refractivity contribution in [3.63, 3.8) is 0 Å². The lowest BCUT2D eigenvalue weighted by atomic mass is 10.1. The molecule has 3 N–H and O–H groups in total. The fraction of sp³-hybridized carbons (Fsp3) is 0.200. The largest absolute Gasteiger partial charge is 0.873 e. The molecule has 48 heavy (non-hydrogen) atoms. The summed E-state index contributed by atoms with van der Waals surface area (Å²) in [5.74, 6) is -14.8.